The molecule has 1 aliphatic heterocycles. The lowest BCUT2D eigenvalue weighted by molar-refractivity contribution is -0.145. The highest BCUT2D eigenvalue weighted by molar-refractivity contribution is 7.99. The van der Waals surface area contributed by atoms with Gasteiger partial charge in [-0.25, -0.2) is 9.59 Å². The molecule has 9 nitrogen and oxygen atoms in total. The Morgan fingerprint density at radius 1 is 1.08 bits per heavy atom. The number of urea groups is 1. The lowest BCUT2D eigenvalue weighted by atomic mass is 10.0. The van der Waals surface area contributed by atoms with Gasteiger partial charge in [0.1, 0.15) is 12.1 Å². The molecule has 1 fully saturated rings. The topological polar surface area (TPSA) is 108 Å². The van der Waals surface area contributed by atoms with Gasteiger partial charge in [0.2, 0.25) is 5.91 Å². The minimum atomic E-state index is -0.953. The number of methoxy groups -OCH3 is 1. The van der Waals surface area contributed by atoms with Crippen LogP contribution >= 0.6 is 35.0 Å². The molecule has 2 unspecified atom stereocenters. The van der Waals surface area contributed by atoms with Gasteiger partial charge >= 0.3 is 12.0 Å². The van der Waals surface area contributed by atoms with E-state index in [-0.39, 0.29) is 28.1 Å². The van der Waals surface area contributed by atoms with Gasteiger partial charge in [0, 0.05) is 31.0 Å². The molecule has 38 heavy (non-hydrogen) atoms. The molecule has 0 bridgehead atoms. The second kappa shape index (κ2) is 13.7. The molecule has 0 aromatic heterocycles. The van der Waals surface area contributed by atoms with Crippen LogP contribution in [0.3, 0.4) is 0 Å². The van der Waals surface area contributed by atoms with E-state index in [0.29, 0.717) is 30.4 Å². The average molecular weight is 582 g/mol. The SMILES string of the molecule is CCN(CC)C(=O)N1CSCC1C(=O)NC(Cc1ccc(NC(=O)c2c(Cl)cccc2Cl)cc1)C(=O)OC. The standard InChI is InChI=1S/C26H30Cl2N4O5S/c1-4-31(5-2)26(36)32-15-38-14-21(32)23(33)30-20(25(35)37-3)13-16-9-11-17(12-10-16)29-24(34)22-18(27)7-6-8-19(22)28/h6-12,20-21H,4-5,13-15H2,1-3H3,(H,29,34)(H,30,33). The number of amides is 4. The zero-order valence-electron chi connectivity index (χ0n) is 21.3. The van der Waals surface area contributed by atoms with Gasteiger partial charge < -0.3 is 25.2 Å². The molecule has 0 saturated carbocycles. The summed E-state index contributed by atoms with van der Waals surface area (Å²) < 4.78 is 4.91. The minimum absolute atomic E-state index is 0.160. The van der Waals surface area contributed by atoms with E-state index < -0.39 is 29.9 Å². The highest BCUT2D eigenvalue weighted by atomic mass is 35.5. The molecule has 2 N–H and O–H groups in total. The van der Waals surface area contributed by atoms with Crippen molar-refractivity contribution in [1.29, 1.82) is 0 Å². The predicted octanol–water partition coefficient (Wildman–Crippen LogP) is 4.28. The Labute approximate surface area is 236 Å². The molecule has 0 spiro atoms. The van der Waals surface area contributed by atoms with Crippen molar-refractivity contribution in [1.82, 2.24) is 15.1 Å². The van der Waals surface area contributed by atoms with Crippen molar-refractivity contribution in [3.63, 3.8) is 0 Å². The van der Waals surface area contributed by atoms with E-state index >= 15 is 0 Å². The monoisotopic (exact) mass is 580 g/mol. The highest BCUT2D eigenvalue weighted by Crippen LogP contribution is 2.26. The van der Waals surface area contributed by atoms with Gasteiger partial charge in [0.25, 0.3) is 5.91 Å². The number of anilines is 1. The number of hydrogen-bond acceptors (Lipinski definition) is 6. The van der Waals surface area contributed by atoms with E-state index in [0.717, 1.165) is 5.56 Å². The van der Waals surface area contributed by atoms with Gasteiger partial charge in [-0.1, -0.05) is 41.4 Å². The third-order valence-electron chi connectivity index (χ3n) is 6.11. The van der Waals surface area contributed by atoms with Crippen molar-refractivity contribution in [2.75, 3.05) is 37.1 Å². The summed E-state index contributed by atoms with van der Waals surface area (Å²) in [6, 6.07) is 9.77. The van der Waals surface area contributed by atoms with E-state index in [1.165, 1.54) is 23.8 Å². The molecule has 204 valence electrons. The molecule has 4 amide bonds. The first-order valence-corrected chi connectivity index (χ1v) is 14.0. The molecule has 1 heterocycles. The Bertz CT molecular complexity index is 1160. The molecule has 3 rings (SSSR count). The third kappa shape index (κ3) is 7.12. The van der Waals surface area contributed by atoms with Gasteiger partial charge in [-0.3, -0.25) is 9.59 Å². The molecular weight excluding hydrogens is 551 g/mol. The number of esters is 1. The first-order valence-electron chi connectivity index (χ1n) is 12.1. The van der Waals surface area contributed by atoms with Crippen LogP contribution in [0, 0.1) is 0 Å². The molecule has 0 radical (unpaired) electrons. The lowest BCUT2D eigenvalue weighted by Crippen LogP contribution is -2.55. The number of ether oxygens (including phenoxy) is 1. The summed E-state index contributed by atoms with van der Waals surface area (Å²) in [6.45, 7) is 4.85. The lowest BCUT2D eigenvalue weighted by Gasteiger charge is -2.30. The molecule has 1 saturated heterocycles. The Kier molecular flexibility index (Phi) is 10.7. The van der Waals surface area contributed by atoms with E-state index in [2.05, 4.69) is 10.6 Å². The molecular formula is C26H30Cl2N4O5S. The van der Waals surface area contributed by atoms with Gasteiger partial charge in [0.05, 0.1) is 28.6 Å². The smallest absolute Gasteiger partial charge is 0.328 e. The fourth-order valence-electron chi connectivity index (χ4n) is 4.00. The Hall–Kier alpha value is -2.95. The number of rotatable bonds is 9. The number of benzene rings is 2. The fourth-order valence-corrected chi connectivity index (χ4v) is 5.71. The van der Waals surface area contributed by atoms with E-state index in [1.807, 2.05) is 13.8 Å². The summed E-state index contributed by atoms with van der Waals surface area (Å²) in [5, 5.41) is 5.98. The van der Waals surface area contributed by atoms with Crippen molar-refractivity contribution in [2.24, 2.45) is 0 Å². The zero-order valence-corrected chi connectivity index (χ0v) is 23.7. The van der Waals surface area contributed by atoms with Crippen molar-refractivity contribution >= 4 is 64.5 Å². The van der Waals surface area contributed by atoms with Gasteiger partial charge in [0.15, 0.2) is 0 Å². The van der Waals surface area contributed by atoms with E-state index in [9.17, 15) is 19.2 Å². The summed E-state index contributed by atoms with van der Waals surface area (Å²) in [7, 11) is 1.25. The maximum Gasteiger partial charge on any atom is 0.328 e. The Balaban J connectivity index is 1.67. The zero-order chi connectivity index (χ0) is 27.8. The van der Waals surface area contributed by atoms with Crippen LogP contribution in [0.1, 0.15) is 29.8 Å². The fraction of sp³-hybridized carbons (Fsp3) is 0.385. The normalized spacial score (nSPS) is 15.5. The van der Waals surface area contributed by atoms with E-state index in [4.69, 9.17) is 27.9 Å². The number of carbonyl (C=O) groups excluding carboxylic acids is 4. The van der Waals surface area contributed by atoms with Crippen molar-refractivity contribution in [3.05, 3.63) is 63.6 Å². The summed E-state index contributed by atoms with van der Waals surface area (Å²) in [5.41, 5.74) is 1.40. The number of hydrogen-bond donors (Lipinski definition) is 2. The number of thioether (sulfide) groups is 1. The largest absolute Gasteiger partial charge is 0.467 e. The maximum atomic E-state index is 13.1. The van der Waals surface area contributed by atoms with Crippen molar-refractivity contribution < 1.29 is 23.9 Å². The number of nitrogens with one attached hydrogen (secondary N) is 2. The predicted molar refractivity (Wildman–Crippen MR) is 150 cm³/mol. The third-order valence-corrected chi connectivity index (χ3v) is 7.75. The highest BCUT2D eigenvalue weighted by Gasteiger charge is 2.38. The Morgan fingerprint density at radius 3 is 2.29 bits per heavy atom. The van der Waals surface area contributed by atoms with E-state index in [1.54, 1.807) is 47.4 Å². The molecule has 2 aromatic rings. The van der Waals surface area contributed by atoms with Crippen LogP contribution in [0.2, 0.25) is 10.0 Å². The van der Waals surface area contributed by atoms with Crippen LogP contribution in [-0.4, -0.2) is 77.5 Å². The molecule has 2 aromatic carbocycles. The Morgan fingerprint density at radius 2 is 1.71 bits per heavy atom. The first-order chi connectivity index (χ1) is 18.2. The average Bonchev–Trinajstić information content (AvgIpc) is 3.39. The van der Waals surface area contributed by atoms with Crippen LogP contribution in [0.4, 0.5) is 10.5 Å². The van der Waals surface area contributed by atoms with Crippen LogP contribution in [-0.2, 0) is 20.7 Å². The van der Waals surface area contributed by atoms with Gasteiger partial charge in [-0.15, -0.1) is 11.8 Å². The van der Waals surface area contributed by atoms with Crippen LogP contribution < -0.4 is 10.6 Å². The van der Waals surface area contributed by atoms with Crippen LogP contribution in [0.15, 0.2) is 42.5 Å². The van der Waals surface area contributed by atoms with Crippen molar-refractivity contribution in [3.8, 4) is 0 Å². The summed E-state index contributed by atoms with van der Waals surface area (Å²) >= 11 is 13.7. The summed E-state index contributed by atoms with van der Waals surface area (Å²) in [4.78, 5) is 54.3. The van der Waals surface area contributed by atoms with Crippen LogP contribution in [0.5, 0.6) is 0 Å². The second-order valence-electron chi connectivity index (χ2n) is 8.48. The minimum Gasteiger partial charge on any atom is -0.467 e. The molecule has 1 aliphatic rings. The quantitative estimate of drug-likeness (QED) is 0.428. The summed E-state index contributed by atoms with van der Waals surface area (Å²) in [6.07, 6.45) is 0.160. The molecule has 2 atom stereocenters. The number of carbonyl (C=O) groups is 4. The number of halogens is 2. The summed E-state index contributed by atoms with van der Waals surface area (Å²) in [5.74, 6) is -0.617. The van der Waals surface area contributed by atoms with Gasteiger partial charge in [-0.05, 0) is 43.7 Å². The number of nitrogens with zero attached hydrogens (tertiary/aromatic N) is 2. The van der Waals surface area contributed by atoms with Crippen LogP contribution in [0.25, 0.3) is 0 Å². The molecule has 0 aliphatic carbocycles. The second-order valence-corrected chi connectivity index (χ2v) is 10.3. The first kappa shape index (κ1) is 29.6. The van der Waals surface area contributed by atoms with Crippen molar-refractivity contribution in [2.45, 2.75) is 32.4 Å². The van der Waals surface area contributed by atoms with Gasteiger partial charge in [-0.2, -0.15) is 0 Å². The molecule has 12 heteroatoms. The maximum absolute atomic E-state index is 13.1.